The summed E-state index contributed by atoms with van der Waals surface area (Å²) in [7, 11) is -1.49. The van der Waals surface area contributed by atoms with Crippen molar-refractivity contribution in [3.05, 3.63) is 35.1 Å². The van der Waals surface area contributed by atoms with Gasteiger partial charge in [0, 0.05) is 5.75 Å². The molecule has 1 saturated heterocycles. The van der Waals surface area contributed by atoms with Crippen molar-refractivity contribution in [1.29, 1.82) is 0 Å². The van der Waals surface area contributed by atoms with Gasteiger partial charge in [0.1, 0.15) is 19.3 Å². The molecule has 2 rings (SSSR count). The monoisotopic (exact) mass is 350 g/mol. The molecule has 0 aliphatic carbocycles. The zero-order valence-electron chi connectivity index (χ0n) is 15.0. The van der Waals surface area contributed by atoms with Gasteiger partial charge in [-0.3, -0.25) is 0 Å². The lowest BCUT2D eigenvalue weighted by Crippen LogP contribution is -2.31. The molecule has 0 amide bonds. The Labute approximate surface area is 145 Å². The van der Waals surface area contributed by atoms with Crippen LogP contribution in [-0.4, -0.2) is 20.4 Å². The van der Waals surface area contributed by atoms with E-state index < -0.39 is 8.07 Å². The van der Waals surface area contributed by atoms with Crippen molar-refractivity contribution >= 4 is 19.8 Å². The highest BCUT2D eigenvalue weighted by Gasteiger charge is 2.31. The summed E-state index contributed by atoms with van der Waals surface area (Å²) in [6.45, 7) is 13.9. The normalized spacial score (nSPS) is 22.4. The highest BCUT2D eigenvalue weighted by Crippen LogP contribution is 2.41. The second-order valence-electron chi connectivity index (χ2n) is 8.30. The third kappa shape index (κ3) is 5.38. The third-order valence-electron chi connectivity index (χ3n) is 3.96. The van der Waals surface area contributed by atoms with E-state index in [0.717, 1.165) is 17.9 Å². The zero-order chi connectivity index (χ0) is 17.3. The predicted molar refractivity (Wildman–Crippen MR) is 101 cm³/mol. The lowest BCUT2D eigenvalue weighted by Gasteiger charge is -2.36. The molecule has 0 N–H and O–H groups in total. The van der Waals surface area contributed by atoms with E-state index in [4.69, 9.17) is 4.74 Å². The summed E-state index contributed by atoms with van der Waals surface area (Å²) in [5.41, 5.74) is 4.79. The zero-order valence-corrected chi connectivity index (χ0v) is 16.8. The number of hydrogen-bond donors (Lipinski definition) is 0. The quantitative estimate of drug-likeness (QED) is 0.490. The van der Waals surface area contributed by atoms with Gasteiger partial charge in [0.15, 0.2) is 0 Å². The average molecular weight is 351 g/mol. The minimum absolute atomic E-state index is 0.0675. The Bertz CT molecular complexity index is 611. The van der Waals surface area contributed by atoms with E-state index in [9.17, 15) is 4.39 Å². The van der Waals surface area contributed by atoms with Crippen LogP contribution in [0.3, 0.4) is 0 Å². The second kappa shape index (κ2) is 7.00. The van der Waals surface area contributed by atoms with Crippen molar-refractivity contribution in [3.8, 4) is 11.5 Å². The molecule has 1 aliphatic heterocycles. The molecule has 0 radical (unpaired) electrons. The molecule has 0 aromatic heterocycles. The summed E-state index contributed by atoms with van der Waals surface area (Å²) in [5, 5.41) is 0. The first-order valence-corrected chi connectivity index (χ1v) is 12.7. The summed E-state index contributed by atoms with van der Waals surface area (Å²) >= 11 is 1.77. The minimum Gasteiger partial charge on any atom is -0.362 e. The summed E-state index contributed by atoms with van der Waals surface area (Å²) in [5.74, 6) is 4.34. The molecule has 1 aliphatic rings. The molecule has 1 aromatic carbocycles. The van der Waals surface area contributed by atoms with Crippen molar-refractivity contribution in [3.63, 3.8) is 0 Å². The van der Waals surface area contributed by atoms with Crippen LogP contribution in [0, 0.1) is 28.6 Å². The van der Waals surface area contributed by atoms with E-state index in [-0.39, 0.29) is 16.7 Å². The van der Waals surface area contributed by atoms with Crippen LogP contribution in [0.2, 0.25) is 19.6 Å². The maximum Gasteiger partial charge on any atom is 0.139 e. The molecule has 2 atom stereocenters. The highest BCUT2D eigenvalue weighted by molar-refractivity contribution is 7.99. The van der Waals surface area contributed by atoms with Crippen molar-refractivity contribution < 1.29 is 9.13 Å². The SMILES string of the molecule is CC(C)(C)C1COC(c2ccc(C#C[Si](C)(C)C)c(F)c2)SC1. The van der Waals surface area contributed by atoms with Gasteiger partial charge >= 0.3 is 0 Å². The van der Waals surface area contributed by atoms with Gasteiger partial charge in [-0.05, 0) is 29.0 Å². The van der Waals surface area contributed by atoms with Gasteiger partial charge < -0.3 is 4.74 Å². The first-order valence-electron chi connectivity index (χ1n) is 8.12. The number of ether oxygens (including phenoxy) is 1. The Morgan fingerprint density at radius 3 is 2.43 bits per heavy atom. The predicted octanol–water partition coefficient (Wildman–Crippen LogP) is 5.48. The number of rotatable bonds is 1. The van der Waals surface area contributed by atoms with Crippen LogP contribution in [0.5, 0.6) is 0 Å². The standard InChI is InChI=1S/C19H27FOSSi/c1-19(2,3)16-12-21-18(22-13-16)15-8-7-14(17(20)11-15)9-10-23(4,5)6/h7-8,11,16,18H,12-13H2,1-6H3. The van der Waals surface area contributed by atoms with E-state index in [0.29, 0.717) is 11.5 Å². The van der Waals surface area contributed by atoms with Crippen molar-refractivity contribution in [1.82, 2.24) is 0 Å². The van der Waals surface area contributed by atoms with Crippen LogP contribution in [-0.2, 0) is 4.74 Å². The van der Waals surface area contributed by atoms with Gasteiger partial charge in [-0.1, -0.05) is 52.4 Å². The van der Waals surface area contributed by atoms with Crippen molar-refractivity contribution in [2.75, 3.05) is 12.4 Å². The number of benzene rings is 1. The van der Waals surface area contributed by atoms with Crippen LogP contribution >= 0.6 is 11.8 Å². The molecule has 1 heterocycles. The second-order valence-corrected chi connectivity index (χ2v) is 14.1. The molecule has 0 spiro atoms. The lowest BCUT2D eigenvalue weighted by atomic mass is 9.82. The molecule has 1 fully saturated rings. The molecule has 2 unspecified atom stereocenters. The fourth-order valence-corrected chi connectivity index (χ4v) is 4.26. The fourth-order valence-electron chi connectivity index (χ4n) is 2.23. The summed E-state index contributed by atoms with van der Waals surface area (Å²) in [6.07, 6.45) is 0. The van der Waals surface area contributed by atoms with Gasteiger partial charge in [-0.25, -0.2) is 4.39 Å². The van der Waals surface area contributed by atoms with Crippen LogP contribution < -0.4 is 0 Å². The smallest absolute Gasteiger partial charge is 0.139 e. The number of hydrogen-bond acceptors (Lipinski definition) is 2. The summed E-state index contributed by atoms with van der Waals surface area (Å²) in [4.78, 5) is 0. The van der Waals surface area contributed by atoms with Crippen LogP contribution in [0.4, 0.5) is 4.39 Å². The largest absolute Gasteiger partial charge is 0.362 e. The Hall–Kier alpha value is -0.763. The van der Waals surface area contributed by atoms with Gasteiger partial charge in [0.05, 0.1) is 12.2 Å². The molecule has 0 saturated carbocycles. The number of thioether (sulfide) groups is 1. The molecular formula is C19H27FOSSi. The summed E-state index contributed by atoms with van der Waals surface area (Å²) < 4.78 is 20.3. The Morgan fingerprint density at radius 2 is 1.96 bits per heavy atom. The van der Waals surface area contributed by atoms with Crippen molar-refractivity contribution in [2.45, 2.75) is 45.8 Å². The lowest BCUT2D eigenvalue weighted by molar-refractivity contribution is 0.0394. The highest BCUT2D eigenvalue weighted by atomic mass is 32.2. The number of halogens is 1. The van der Waals surface area contributed by atoms with Gasteiger partial charge in [-0.15, -0.1) is 17.3 Å². The van der Waals surface area contributed by atoms with E-state index in [1.54, 1.807) is 23.9 Å². The molecule has 0 bridgehead atoms. The Morgan fingerprint density at radius 1 is 1.26 bits per heavy atom. The van der Waals surface area contributed by atoms with Gasteiger partial charge in [0.2, 0.25) is 0 Å². The Kier molecular flexibility index (Phi) is 5.66. The first kappa shape index (κ1) is 18.6. The van der Waals surface area contributed by atoms with Crippen molar-refractivity contribution in [2.24, 2.45) is 11.3 Å². The maximum atomic E-state index is 14.3. The van der Waals surface area contributed by atoms with E-state index >= 15 is 0 Å². The van der Waals surface area contributed by atoms with Crippen LogP contribution in [0.1, 0.15) is 37.3 Å². The molecular weight excluding hydrogens is 323 g/mol. The maximum absolute atomic E-state index is 14.3. The van der Waals surface area contributed by atoms with E-state index in [1.807, 2.05) is 6.07 Å². The van der Waals surface area contributed by atoms with Gasteiger partial charge in [0.25, 0.3) is 0 Å². The molecule has 23 heavy (non-hydrogen) atoms. The molecule has 4 heteroatoms. The molecule has 1 aromatic rings. The molecule has 1 nitrogen and oxygen atoms in total. The first-order chi connectivity index (χ1) is 10.6. The fraction of sp³-hybridized carbons (Fsp3) is 0.579. The minimum atomic E-state index is -1.49. The third-order valence-corrected chi connectivity index (χ3v) is 6.14. The van der Waals surface area contributed by atoms with E-state index in [1.165, 1.54) is 0 Å². The summed E-state index contributed by atoms with van der Waals surface area (Å²) in [6, 6.07) is 5.33. The Balaban J connectivity index is 2.08. The van der Waals surface area contributed by atoms with Crippen LogP contribution in [0.15, 0.2) is 18.2 Å². The average Bonchev–Trinajstić information content (AvgIpc) is 2.44. The van der Waals surface area contributed by atoms with Gasteiger partial charge in [-0.2, -0.15) is 0 Å². The van der Waals surface area contributed by atoms with E-state index in [2.05, 4.69) is 51.9 Å². The molecule has 126 valence electrons. The van der Waals surface area contributed by atoms with Crippen LogP contribution in [0.25, 0.3) is 0 Å². The topological polar surface area (TPSA) is 9.23 Å².